The smallest absolute Gasteiger partial charge is 0.326 e. The average Bonchev–Trinajstić information content (AvgIpc) is 2.83. The van der Waals surface area contributed by atoms with Crippen LogP contribution in [0.2, 0.25) is 0 Å². The second kappa shape index (κ2) is 6.30. The topological polar surface area (TPSA) is 110 Å². The van der Waals surface area contributed by atoms with Crippen LogP contribution in [0.25, 0.3) is 0 Å². The number of carbonyl (C=O) groups is 3. The lowest BCUT2D eigenvalue weighted by molar-refractivity contribution is -0.145. The number of piperazine rings is 1. The zero-order valence-electron chi connectivity index (χ0n) is 12.0. The first kappa shape index (κ1) is 15.6. The molecule has 0 aromatic carbocycles. The van der Waals surface area contributed by atoms with E-state index in [9.17, 15) is 14.4 Å². The highest BCUT2D eigenvalue weighted by atomic mass is 16.4. The number of nitrogens with one attached hydrogen (secondary N) is 1. The molecular formula is C13H21N3O5. The van der Waals surface area contributed by atoms with Gasteiger partial charge in [-0.2, -0.15) is 0 Å². The van der Waals surface area contributed by atoms with E-state index in [0.29, 0.717) is 12.6 Å². The van der Waals surface area contributed by atoms with Crippen LogP contribution in [-0.2, 0) is 9.59 Å². The molecule has 3 N–H and O–H groups in total. The van der Waals surface area contributed by atoms with Gasteiger partial charge in [-0.15, -0.1) is 0 Å². The summed E-state index contributed by atoms with van der Waals surface area (Å²) in [5.41, 5.74) is 0. The van der Waals surface area contributed by atoms with E-state index in [0.717, 1.165) is 25.9 Å². The molecule has 0 aromatic rings. The number of carboxylic acid groups (broad SMARTS) is 2. The Balaban J connectivity index is 1.97. The van der Waals surface area contributed by atoms with Crippen molar-refractivity contribution in [3.05, 3.63) is 0 Å². The normalized spacial score (nSPS) is 27.0. The Labute approximate surface area is 122 Å². The summed E-state index contributed by atoms with van der Waals surface area (Å²) in [5.74, 6) is -2.59. The molecule has 2 amide bonds. The summed E-state index contributed by atoms with van der Waals surface area (Å²) >= 11 is 0. The number of hydrogen-bond donors (Lipinski definition) is 3. The molecule has 2 heterocycles. The predicted molar refractivity (Wildman–Crippen MR) is 73.0 cm³/mol. The molecule has 118 valence electrons. The van der Waals surface area contributed by atoms with Crippen molar-refractivity contribution in [2.45, 2.75) is 44.3 Å². The van der Waals surface area contributed by atoms with Gasteiger partial charge < -0.3 is 20.4 Å². The van der Waals surface area contributed by atoms with Crippen LogP contribution >= 0.6 is 0 Å². The first-order valence-electron chi connectivity index (χ1n) is 7.14. The van der Waals surface area contributed by atoms with Gasteiger partial charge in [-0.3, -0.25) is 9.69 Å². The molecule has 2 fully saturated rings. The molecule has 2 aliphatic heterocycles. The molecule has 0 aliphatic carbocycles. The van der Waals surface area contributed by atoms with Crippen LogP contribution in [0, 0.1) is 0 Å². The Kier molecular flexibility index (Phi) is 4.66. The summed E-state index contributed by atoms with van der Waals surface area (Å²) in [6.07, 6.45) is 1.52. The van der Waals surface area contributed by atoms with Gasteiger partial charge in [0.2, 0.25) is 0 Å². The maximum atomic E-state index is 12.2. The number of amides is 2. The largest absolute Gasteiger partial charge is 0.481 e. The molecule has 3 unspecified atom stereocenters. The first-order valence-corrected chi connectivity index (χ1v) is 7.14. The lowest BCUT2D eigenvalue weighted by atomic mass is 10.1. The van der Waals surface area contributed by atoms with E-state index >= 15 is 0 Å². The number of fused-ring (bicyclic) bond motifs is 1. The maximum Gasteiger partial charge on any atom is 0.326 e. The van der Waals surface area contributed by atoms with Crippen molar-refractivity contribution in [1.29, 1.82) is 0 Å². The number of hydrogen-bond acceptors (Lipinski definition) is 4. The van der Waals surface area contributed by atoms with Gasteiger partial charge in [0, 0.05) is 25.2 Å². The zero-order valence-corrected chi connectivity index (χ0v) is 12.0. The molecule has 21 heavy (non-hydrogen) atoms. The maximum absolute atomic E-state index is 12.2. The van der Waals surface area contributed by atoms with Crippen LogP contribution in [0.4, 0.5) is 4.79 Å². The molecule has 2 rings (SSSR count). The van der Waals surface area contributed by atoms with Crippen LogP contribution in [0.3, 0.4) is 0 Å². The van der Waals surface area contributed by atoms with Crippen molar-refractivity contribution < 1.29 is 24.6 Å². The summed E-state index contributed by atoms with van der Waals surface area (Å²) < 4.78 is 0. The number of carbonyl (C=O) groups excluding carboxylic acids is 1. The highest BCUT2D eigenvalue weighted by Gasteiger charge is 2.37. The fourth-order valence-electron chi connectivity index (χ4n) is 3.08. The van der Waals surface area contributed by atoms with Gasteiger partial charge in [0.1, 0.15) is 6.04 Å². The minimum Gasteiger partial charge on any atom is -0.481 e. The van der Waals surface area contributed by atoms with Gasteiger partial charge >= 0.3 is 18.0 Å². The van der Waals surface area contributed by atoms with Crippen LogP contribution in [-0.4, -0.2) is 75.7 Å². The summed E-state index contributed by atoms with van der Waals surface area (Å²) in [6.45, 7) is 4.30. The Hall–Kier alpha value is -1.83. The Bertz CT molecular complexity index is 442. The first-order chi connectivity index (χ1) is 9.88. The standard InChI is InChI=1S/C13H21N3O5/c1-8-6-15-4-2-3-9(15)7-16(8)13(21)14-10(12(19)20)5-11(17)18/h8-10H,2-7H2,1H3,(H,14,21)(H,17,18)(H,19,20). The van der Waals surface area contributed by atoms with Gasteiger partial charge in [0.05, 0.1) is 6.42 Å². The lowest BCUT2D eigenvalue weighted by Gasteiger charge is -2.42. The molecule has 0 saturated carbocycles. The van der Waals surface area contributed by atoms with E-state index in [1.165, 1.54) is 0 Å². The lowest BCUT2D eigenvalue weighted by Crippen LogP contribution is -2.60. The number of aliphatic carboxylic acids is 2. The molecule has 2 aliphatic rings. The van der Waals surface area contributed by atoms with Crippen molar-refractivity contribution in [2.75, 3.05) is 19.6 Å². The second-order valence-electron chi connectivity index (χ2n) is 5.73. The van der Waals surface area contributed by atoms with Gasteiger partial charge in [0.25, 0.3) is 0 Å². The van der Waals surface area contributed by atoms with E-state index in [1.54, 1.807) is 4.90 Å². The monoisotopic (exact) mass is 299 g/mol. The number of nitrogens with zero attached hydrogens (tertiary/aromatic N) is 2. The Morgan fingerprint density at radius 2 is 2.00 bits per heavy atom. The summed E-state index contributed by atoms with van der Waals surface area (Å²) in [6, 6.07) is -1.58. The zero-order chi connectivity index (χ0) is 15.6. The SMILES string of the molecule is CC1CN2CCCC2CN1C(=O)NC(CC(=O)O)C(=O)O. The fraction of sp³-hybridized carbons (Fsp3) is 0.769. The van der Waals surface area contributed by atoms with E-state index in [-0.39, 0.29) is 6.04 Å². The highest BCUT2D eigenvalue weighted by Crippen LogP contribution is 2.24. The van der Waals surface area contributed by atoms with Crippen molar-refractivity contribution in [3.8, 4) is 0 Å². The van der Waals surface area contributed by atoms with Crippen molar-refractivity contribution in [2.24, 2.45) is 0 Å². The third kappa shape index (κ3) is 3.63. The van der Waals surface area contributed by atoms with Gasteiger partial charge in [0.15, 0.2) is 0 Å². The van der Waals surface area contributed by atoms with E-state index < -0.39 is 30.4 Å². The Morgan fingerprint density at radius 1 is 1.29 bits per heavy atom. The van der Waals surface area contributed by atoms with Crippen molar-refractivity contribution in [1.82, 2.24) is 15.1 Å². The summed E-state index contributed by atoms with van der Waals surface area (Å²) in [7, 11) is 0. The quantitative estimate of drug-likeness (QED) is 0.662. The van der Waals surface area contributed by atoms with Crippen LogP contribution in [0.1, 0.15) is 26.2 Å². The average molecular weight is 299 g/mol. The van der Waals surface area contributed by atoms with Crippen LogP contribution in [0.5, 0.6) is 0 Å². The molecule has 2 saturated heterocycles. The van der Waals surface area contributed by atoms with E-state index in [2.05, 4.69) is 10.2 Å². The molecule has 8 heteroatoms. The summed E-state index contributed by atoms with van der Waals surface area (Å²) in [5, 5.41) is 20.0. The highest BCUT2D eigenvalue weighted by molar-refractivity contribution is 5.86. The van der Waals surface area contributed by atoms with Crippen LogP contribution < -0.4 is 5.32 Å². The molecule has 0 bridgehead atoms. The van der Waals surface area contributed by atoms with Crippen LogP contribution in [0.15, 0.2) is 0 Å². The summed E-state index contributed by atoms with van der Waals surface area (Å²) in [4.78, 5) is 37.9. The Morgan fingerprint density at radius 3 is 2.62 bits per heavy atom. The fourth-order valence-corrected chi connectivity index (χ4v) is 3.08. The number of urea groups is 1. The molecule has 8 nitrogen and oxygen atoms in total. The predicted octanol–water partition coefficient (Wildman–Crippen LogP) is -0.208. The third-order valence-electron chi connectivity index (χ3n) is 4.17. The van der Waals surface area contributed by atoms with E-state index in [1.807, 2.05) is 6.92 Å². The molecular weight excluding hydrogens is 278 g/mol. The van der Waals surface area contributed by atoms with Crippen molar-refractivity contribution >= 4 is 18.0 Å². The molecule has 3 atom stereocenters. The number of carboxylic acids is 2. The molecule has 0 aromatic heterocycles. The molecule has 0 spiro atoms. The minimum absolute atomic E-state index is 0.0152. The van der Waals surface area contributed by atoms with Crippen molar-refractivity contribution in [3.63, 3.8) is 0 Å². The van der Waals surface area contributed by atoms with Gasteiger partial charge in [-0.05, 0) is 26.3 Å². The van der Waals surface area contributed by atoms with Gasteiger partial charge in [-0.25, -0.2) is 9.59 Å². The molecule has 0 radical (unpaired) electrons. The second-order valence-corrected chi connectivity index (χ2v) is 5.73. The number of rotatable bonds is 4. The third-order valence-corrected chi connectivity index (χ3v) is 4.17. The minimum atomic E-state index is -1.40. The van der Waals surface area contributed by atoms with Gasteiger partial charge in [-0.1, -0.05) is 0 Å². The van der Waals surface area contributed by atoms with E-state index in [4.69, 9.17) is 10.2 Å².